The minimum Gasteiger partial charge on any atom is -0.497 e. The van der Waals surface area contributed by atoms with Crippen LogP contribution in [0, 0.1) is 0 Å². The number of anilines is 1. The number of methoxy groups -OCH3 is 1. The van der Waals surface area contributed by atoms with Gasteiger partial charge in [-0.05, 0) is 62.2 Å². The van der Waals surface area contributed by atoms with Crippen LogP contribution in [0.15, 0.2) is 42.5 Å². The zero-order valence-corrected chi connectivity index (χ0v) is 21.2. The number of halogens is 1. The lowest BCUT2D eigenvalue weighted by atomic mass is 9.82. The summed E-state index contributed by atoms with van der Waals surface area (Å²) in [6.45, 7) is 3.85. The van der Waals surface area contributed by atoms with Gasteiger partial charge in [0.1, 0.15) is 11.3 Å². The molecule has 188 valence electrons. The van der Waals surface area contributed by atoms with Crippen LogP contribution in [0.25, 0.3) is 0 Å². The zero-order valence-electron chi connectivity index (χ0n) is 20.5. The van der Waals surface area contributed by atoms with Crippen LogP contribution >= 0.6 is 11.6 Å². The van der Waals surface area contributed by atoms with Gasteiger partial charge in [-0.15, -0.1) is 0 Å². The Kier molecular flexibility index (Phi) is 8.78. The molecule has 35 heavy (non-hydrogen) atoms. The lowest BCUT2D eigenvalue weighted by molar-refractivity contribution is -0.137. The van der Waals surface area contributed by atoms with Gasteiger partial charge in [0.2, 0.25) is 5.91 Å². The molecule has 7 nitrogen and oxygen atoms in total. The van der Waals surface area contributed by atoms with Crippen LogP contribution in [-0.2, 0) is 9.59 Å². The first kappa shape index (κ1) is 26.5. The quantitative estimate of drug-likeness (QED) is 0.285. The maximum Gasteiger partial charge on any atom is 0.303 e. The highest BCUT2D eigenvalue weighted by atomic mass is 35.5. The van der Waals surface area contributed by atoms with E-state index in [-0.39, 0.29) is 18.1 Å². The molecule has 1 aliphatic heterocycles. The summed E-state index contributed by atoms with van der Waals surface area (Å²) < 4.78 is 5.43. The maximum absolute atomic E-state index is 13.8. The van der Waals surface area contributed by atoms with Gasteiger partial charge in [0.15, 0.2) is 5.78 Å². The third-order valence-corrected chi connectivity index (χ3v) is 6.83. The molecular weight excluding hydrogens is 468 g/mol. The van der Waals surface area contributed by atoms with Crippen molar-refractivity contribution in [2.75, 3.05) is 19.0 Å². The molecule has 0 aliphatic carbocycles. The van der Waals surface area contributed by atoms with E-state index in [0.717, 1.165) is 36.9 Å². The fraction of sp³-hybridized carbons (Fsp3) is 0.444. The smallest absolute Gasteiger partial charge is 0.303 e. The first-order chi connectivity index (χ1) is 16.7. The number of amides is 1. The Morgan fingerprint density at radius 2 is 1.71 bits per heavy atom. The summed E-state index contributed by atoms with van der Waals surface area (Å²) in [5, 5.41) is 12.7. The molecule has 8 heteroatoms. The summed E-state index contributed by atoms with van der Waals surface area (Å²) >= 11 is 6.03. The summed E-state index contributed by atoms with van der Waals surface area (Å²) in [4.78, 5) is 39.2. The van der Waals surface area contributed by atoms with Crippen molar-refractivity contribution in [3.05, 3.63) is 58.6 Å². The molecule has 3 rings (SSSR count). The SMILES string of the molecule is COc1ccc2c(c1)C(N(CCCCCCCC(=O)O)C(C)=O)C(C)(C(=O)c1ccc(Cl)cc1)N2. The minimum absolute atomic E-state index is 0.117. The minimum atomic E-state index is -1.09. The van der Waals surface area contributed by atoms with Crippen LogP contribution in [0.4, 0.5) is 5.69 Å². The number of ketones is 1. The van der Waals surface area contributed by atoms with E-state index in [1.807, 2.05) is 25.1 Å². The Bertz CT molecular complexity index is 1070. The molecule has 0 saturated carbocycles. The van der Waals surface area contributed by atoms with E-state index in [9.17, 15) is 14.4 Å². The highest BCUT2D eigenvalue weighted by Gasteiger charge is 2.51. The average Bonchev–Trinajstić information content (AvgIpc) is 3.12. The van der Waals surface area contributed by atoms with Crippen LogP contribution in [-0.4, -0.2) is 46.9 Å². The van der Waals surface area contributed by atoms with Crippen molar-refractivity contribution < 1.29 is 24.2 Å². The van der Waals surface area contributed by atoms with Crippen LogP contribution in [0.2, 0.25) is 5.02 Å². The molecule has 1 aliphatic rings. The number of carboxylic acid groups (broad SMARTS) is 1. The Morgan fingerprint density at radius 1 is 1.06 bits per heavy atom. The Balaban J connectivity index is 1.86. The molecule has 2 unspecified atom stereocenters. The molecule has 0 bridgehead atoms. The average molecular weight is 501 g/mol. The van der Waals surface area contributed by atoms with Gasteiger partial charge in [-0.3, -0.25) is 14.4 Å². The first-order valence-electron chi connectivity index (χ1n) is 11.9. The fourth-order valence-corrected chi connectivity index (χ4v) is 4.91. The second-order valence-corrected chi connectivity index (χ2v) is 9.58. The van der Waals surface area contributed by atoms with Crippen molar-refractivity contribution in [1.29, 1.82) is 0 Å². The number of benzene rings is 2. The molecule has 0 fully saturated rings. The van der Waals surface area contributed by atoms with Gasteiger partial charge in [0.25, 0.3) is 0 Å². The monoisotopic (exact) mass is 500 g/mol. The van der Waals surface area contributed by atoms with E-state index < -0.39 is 17.6 Å². The fourth-order valence-electron chi connectivity index (χ4n) is 4.79. The molecule has 2 atom stereocenters. The van der Waals surface area contributed by atoms with Crippen LogP contribution in [0.3, 0.4) is 0 Å². The van der Waals surface area contributed by atoms with Crippen molar-refractivity contribution in [3.63, 3.8) is 0 Å². The lowest BCUT2D eigenvalue weighted by Gasteiger charge is -2.38. The maximum atomic E-state index is 13.8. The summed E-state index contributed by atoms with van der Waals surface area (Å²) in [6, 6.07) is 11.8. The van der Waals surface area contributed by atoms with Gasteiger partial charge < -0.3 is 20.1 Å². The number of hydrogen-bond donors (Lipinski definition) is 2. The largest absolute Gasteiger partial charge is 0.497 e. The number of hydrogen-bond acceptors (Lipinski definition) is 5. The van der Waals surface area contributed by atoms with E-state index in [1.165, 1.54) is 6.92 Å². The van der Waals surface area contributed by atoms with Crippen LogP contribution < -0.4 is 10.1 Å². The number of aliphatic carboxylic acids is 1. The Morgan fingerprint density at radius 3 is 2.34 bits per heavy atom. The number of ether oxygens (including phenoxy) is 1. The Hall–Kier alpha value is -3.06. The summed E-state index contributed by atoms with van der Waals surface area (Å²) in [5.74, 6) is -0.372. The molecule has 0 aromatic heterocycles. The van der Waals surface area contributed by atoms with Gasteiger partial charge in [0.05, 0.1) is 13.2 Å². The number of Topliss-reactive ketones (excluding diaryl/α,β-unsaturated/α-hetero) is 1. The summed E-state index contributed by atoms with van der Waals surface area (Å²) in [7, 11) is 1.59. The van der Waals surface area contributed by atoms with Crippen LogP contribution in [0.5, 0.6) is 5.75 Å². The molecule has 1 heterocycles. The van der Waals surface area contributed by atoms with E-state index >= 15 is 0 Å². The second kappa shape index (κ2) is 11.6. The molecule has 2 aromatic carbocycles. The molecule has 0 spiro atoms. The second-order valence-electron chi connectivity index (χ2n) is 9.14. The van der Waals surface area contributed by atoms with Crippen molar-refractivity contribution in [1.82, 2.24) is 4.90 Å². The van der Waals surface area contributed by atoms with E-state index in [0.29, 0.717) is 29.3 Å². The molecular formula is C27H33ClN2O5. The van der Waals surface area contributed by atoms with Gasteiger partial charge in [-0.2, -0.15) is 0 Å². The number of rotatable bonds is 12. The van der Waals surface area contributed by atoms with Gasteiger partial charge in [0, 0.05) is 41.7 Å². The van der Waals surface area contributed by atoms with Crippen LogP contribution in [0.1, 0.15) is 74.3 Å². The lowest BCUT2D eigenvalue weighted by Crippen LogP contribution is -2.52. The predicted molar refractivity (Wildman–Crippen MR) is 136 cm³/mol. The standard InChI is InChI=1S/C27H33ClN2O5/c1-18(31)30(16-8-6-4-5-7-9-24(32)33)25-22-17-21(35-3)14-15-23(22)29-27(25,2)26(34)19-10-12-20(28)13-11-19/h10-15,17,25,29H,4-9,16H2,1-3H3,(H,32,33). The highest BCUT2D eigenvalue weighted by Crippen LogP contribution is 2.47. The van der Waals surface area contributed by atoms with Gasteiger partial charge in [-0.1, -0.05) is 30.9 Å². The normalized spacial score (nSPS) is 18.5. The van der Waals surface area contributed by atoms with Crippen molar-refractivity contribution >= 4 is 34.9 Å². The molecule has 0 saturated heterocycles. The van der Waals surface area contributed by atoms with Crippen molar-refractivity contribution in [2.45, 2.75) is 64.0 Å². The van der Waals surface area contributed by atoms with Crippen molar-refractivity contribution in [2.24, 2.45) is 0 Å². The summed E-state index contributed by atoms with van der Waals surface area (Å²) in [6.07, 6.45) is 4.19. The number of nitrogens with one attached hydrogen (secondary N) is 1. The number of fused-ring (bicyclic) bond motifs is 1. The highest BCUT2D eigenvalue weighted by molar-refractivity contribution is 6.30. The van der Waals surface area contributed by atoms with Crippen molar-refractivity contribution in [3.8, 4) is 5.75 Å². The number of carbonyl (C=O) groups is 3. The summed E-state index contributed by atoms with van der Waals surface area (Å²) in [5.41, 5.74) is 1.05. The van der Waals surface area contributed by atoms with E-state index in [4.69, 9.17) is 21.4 Å². The zero-order chi connectivity index (χ0) is 25.6. The number of unbranched alkanes of at least 4 members (excludes halogenated alkanes) is 4. The predicted octanol–water partition coefficient (Wildman–Crippen LogP) is 5.73. The molecule has 0 radical (unpaired) electrons. The van der Waals surface area contributed by atoms with E-state index in [1.54, 1.807) is 36.3 Å². The van der Waals surface area contributed by atoms with Gasteiger partial charge in [-0.25, -0.2) is 0 Å². The molecule has 2 aromatic rings. The first-order valence-corrected chi connectivity index (χ1v) is 12.3. The molecule has 1 amide bonds. The molecule has 2 N–H and O–H groups in total. The number of carboxylic acids is 1. The third kappa shape index (κ3) is 6.14. The Labute approximate surface area is 211 Å². The topological polar surface area (TPSA) is 95.9 Å². The number of nitrogens with zero attached hydrogens (tertiary/aromatic N) is 1. The third-order valence-electron chi connectivity index (χ3n) is 6.58. The van der Waals surface area contributed by atoms with Gasteiger partial charge >= 0.3 is 5.97 Å². The van der Waals surface area contributed by atoms with E-state index in [2.05, 4.69) is 5.32 Å². The number of carbonyl (C=O) groups excluding carboxylic acids is 2.